The minimum absolute atomic E-state index is 0.0299. The lowest BCUT2D eigenvalue weighted by atomic mass is 9.94. The normalized spacial score (nSPS) is 12.2. The molecule has 1 N–H and O–H groups in total. The van der Waals surface area contributed by atoms with Gasteiger partial charge in [0.1, 0.15) is 5.82 Å². The summed E-state index contributed by atoms with van der Waals surface area (Å²) in [6, 6.07) is 12.3. The first-order valence-electron chi connectivity index (χ1n) is 11.5. The second-order valence-corrected chi connectivity index (χ2v) is 9.35. The molecule has 4 nitrogen and oxygen atoms in total. The largest absolute Gasteiger partial charge is 0.481 e. The zero-order chi connectivity index (χ0) is 24.0. The maximum atomic E-state index is 13.3. The molecule has 0 unspecified atom stereocenters. The van der Waals surface area contributed by atoms with Crippen LogP contribution >= 0.6 is 11.6 Å². The molecule has 0 radical (unpaired) electrons. The third-order valence-corrected chi connectivity index (χ3v) is 6.37. The molecule has 1 atom stereocenters. The highest BCUT2D eigenvalue weighted by Gasteiger charge is 2.23. The zero-order valence-electron chi connectivity index (χ0n) is 19.2. The van der Waals surface area contributed by atoms with Gasteiger partial charge in [-0.3, -0.25) is 9.59 Å². The van der Waals surface area contributed by atoms with Crippen molar-refractivity contribution in [3.05, 3.63) is 70.1 Å². The summed E-state index contributed by atoms with van der Waals surface area (Å²) in [5, 5.41) is 10.5. The summed E-state index contributed by atoms with van der Waals surface area (Å²) in [7, 11) is 1.97. The molecule has 0 amide bonds. The van der Waals surface area contributed by atoms with Crippen molar-refractivity contribution in [3.8, 4) is 0 Å². The number of rotatable bonds is 12. The van der Waals surface area contributed by atoms with E-state index in [1.165, 1.54) is 6.07 Å². The Morgan fingerprint density at radius 1 is 1.03 bits per heavy atom. The van der Waals surface area contributed by atoms with Crippen LogP contribution in [0.25, 0.3) is 10.9 Å². The van der Waals surface area contributed by atoms with Gasteiger partial charge in [0.05, 0.1) is 0 Å². The van der Waals surface area contributed by atoms with Gasteiger partial charge in [0, 0.05) is 47.1 Å². The number of Topliss-reactive ketones (excluding diaryl/α,β-unsaturated/α-hetero) is 1. The Labute approximate surface area is 199 Å². The number of aliphatic carboxylic acids is 1. The van der Waals surface area contributed by atoms with Gasteiger partial charge >= 0.3 is 5.97 Å². The summed E-state index contributed by atoms with van der Waals surface area (Å²) in [5.74, 6) is -1.36. The van der Waals surface area contributed by atoms with Gasteiger partial charge < -0.3 is 9.67 Å². The maximum absolute atomic E-state index is 13.3. The average Bonchev–Trinajstić information content (AvgIpc) is 3.01. The number of carbonyl (C=O) groups is 2. The molecule has 0 aliphatic rings. The molecule has 0 aliphatic carbocycles. The van der Waals surface area contributed by atoms with Gasteiger partial charge in [-0.25, -0.2) is 4.39 Å². The number of carboxylic acid groups (broad SMARTS) is 1. The average molecular weight is 472 g/mol. The molecular formula is C27H31ClFNO3. The number of hydrogen-bond donors (Lipinski definition) is 1. The summed E-state index contributed by atoms with van der Waals surface area (Å²) in [5.41, 5.74) is 3.62. The highest BCUT2D eigenvalue weighted by atomic mass is 35.5. The van der Waals surface area contributed by atoms with E-state index in [0.717, 1.165) is 60.7 Å². The fourth-order valence-corrected chi connectivity index (χ4v) is 4.70. The lowest BCUT2D eigenvalue weighted by Crippen LogP contribution is -2.12. The van der Waals surface area contributed by atoms with E-state index in [-0.39, 0.29) is 30.4 Å². The van der Waals surface area contributed by atoms with Crippen molar-refractivity contribution in [3.63, 3.8) is 0 Å². The standard InChI is InChI=1S/C27H31ClFNO3/c1-18(15-26(32)33)14-25(31)27-22-17-20(28)12-13-23(22)30(2)24(27)11-6-4-3-5-8-19-9-7-10-21(29)16-19/h7,9-10,12-13,16-18H,3-6,8,11,14-15H2,1-2H3,(H,32,33)/t18-/m0/s1. The molecule has 0 aliphatic heterocycles. The smallest absolute Gasteiger partial charge is 0.303 e. The lowest BCUT2D eigenvalue weighted by Gasteiger charge is -2.11. The molecule has 0 bridgehead atoms. The van der Waals surface area contributed by atoms with Gasteiger partial charge in [-0.05, 0) is 67.5 Å². The molecule has 0 saturated carbocycles. The van der Waals surface area contributed by atoms with Gasteiger partial charge in [0.25, 0.3) is 0 Å². The number of fused-ring (bicyclic) bond motifs is 1. The third kappa shape index (κ3) is 6.67. The Hall–Kier alpha value is -2.66. The quantitative estimate of drug-likeness (QED) is 0.228. The summed E-state index contributed by atoms with van der Waals surface area (Å²) in [4.78, 5) is 24.3. The zero-order valence-corrected chi connectivity index (χ0v) is 20.0. The van der Waals surface area contributed by atoms with Crippen LogP contribution in [0.5, 0.6) is 0 Å². The van der Waals surface area contributed by atoms with E-state index in [9.17, 15) is 14.0 Å². The van der Waals surface area contributed by atoms with Crippen LogP contribution in [0.3, 0.4) is 0 Å². The Balaban J connectivity index is 1.68. The van der Waals surface area contributed by atoms with Crippen LogP contribution in [0.2, 0.25) is 5.02 Å². The molecule has 1 heterocycles. The van der Waals surface area contributed by atoms with Crippen LogP contribution in [0.15, 0.2) is 42.5 Å². The Morgan fingerprint density at radius 3 is 2.45 bits per heavy atom. The highest BCUT2D eigenvalue weighted by molar-refractivity contribution is 6.31. The van der Waals surface area contributed by atoms with Crippen molar-refractivity contribution in [1.82, 2.24) is 4.57 Å². The Morgan fingerprint density at radius 2 is 1.76 bits per heavy atom. The van der Waals surface area contributed by atoms with Crippen molar-refractivity contribution in [2.24, 2.45) is 13.0 Å². The van der Waals surface area contributed by atoms with Gasteiger partial charge in [0.15, 0.2) is 5.78 Å². The minimum atomic E-state index is -0.894. The van der Waals surface area contributed by atoms with E-state index < -0.39 is 5.97 Å². The predicted octanol–water partition coefficient (Wildman–Crippen LogP) is 7.00. The number of nitrogens with zero attached hydrogens (tertiary/aromatic N) is 1. The van der Waals surface area contributed by atoms with Crippen molar-refractivity contribution in [2.45, 2.75) is 58.3 Å². The number of benzene rings is 2. The van der Waals surface area contributed by atoms with E-state index in [4.69, 9.17) is 16.7 Å². The number of hydrogen-bond acceptors (Lipinski definition) is 2. The lowest BCUT2D eigenvalue weighted by molar-refractivity contribution is -0.137. The summed E-state index contributed by atoms with van der Waals surface area (Å²) < 4.78 is 15.4. The first-order valence-corrected chi connectivity index (χ1v) is 11.9. The van der Waals surface area contributed by atoms with Crippen LogP contribution in [-0.4, -0.2) is 21.4 Å². The predicted molar refractivity (Wildman–Crippen MR) is 131 cm³/mol. The summed E-state index contributed by atoms with van der Waals surface area (Å²) in [6.07, 6.45) is 5.76. The Kier molecular flexibility index (Phi) is 8.67. The van der Waals surface area contributed by atoms with Gasteiger partial charge in [-0.2, -0.15) is 0 Å². The molecule has 0 spiro atoms. The number of halogens is 2. The van der Waals surface area contributed by atoms with Crippen LogP contribution < -0.4 is 0 Å². The van der Waals surface area contributed by atoms with E-state index in [1.807, 2.05) is 31.3 Å². The topological polar surface area (TPSA) is 59.3 Å². The second kappa shape index (κ2) is 11.5. The van der Waals surface area contributed by atoms with Crippen LogP contribution in [0.1, 0.15) is 67.1 Å². The van der Waals surface area contributed by atoms with Crippen LogP contribution in [0.4, 0.5) is 4.39 Å². The van der Waals surface area contributed by atoms with Crippen molar-refractivity contribution in [1.29, 1.82) is 0 Å². The number of carboxylic acids is 1. The molecule has 2 aromatic carbocycles. The summed E-state index contributed by atoms with van der Waals surface area (Å²) in [6.45, 7) is 1.79. The third-order valence-electron chi connectivity index (χ3n) is 6.14. The number of aryl methyl sites for hydroxylation is 2. The van der Waals surface area contributed by atoms with Gasteiger partial charge in [0.2, 0.25) is 0 Å². The number of ketones is 1. The number of carbonyl (C=O) groups excluding carboxylic acids is 1. The SMILES string of the molecule is C[C@H](CC(=O)O)CC(=O)c1c(CCCCCCc2cccc(F)c2)n(C)c2ccc(Cl)cc12. The monoisotopic (exact) mass is 471 g/mol. The molecule has 1 aromatic heterocycles. The van der Waals surface area contributed by atoms with E-state index in [0.29, 0.717) is 10.6 Å². The molecular weight excluding hydrogens is 441 g/mol. The fourth-order valence-electron chi connectivity index (χ4n) is 4.53. The fraction of sp³-hybridized carbons (Fsp3) is 0.407. The van der Waals surface area contributed by atoms with Crippen molar-refractivity contribution >= 4 is 34.3 Å². The molecule has 3 rings (SSSR count). The van der Waals surface area contributed by atoms with Crippen LogP contribution in [-0.2, 0) is 24.7 Å². The highest BCUT2D eigenvalue weighted by Crippen LogP contribution is 2.31. The van der Waals surface area contributed by atoms with E-state index >= 15 is 0 Å². The first-order chi connectivity index (χ1) is 15.8. The molecule has 3 aromatic rings. The molecule has 176 valence electrons. The first kappa shape index (κ1) is 25.0. The minimum Gasteiger partial charge on any atom is -0.481 e. The second-order valence-electron chi connectivity index (χ2n) is 8.92. The number of unbranched alkanes of at least 4 members (excludes halogenated alkanes) is 3. The number of aromatic nitrogens is 1. The van der Waals surface area contributed by atoms with Crippen molar-refractivity contribution < 1.29 is 19.1 Å². The van der Waals surface area contributed by atoms with E-state index in [2.05, 4.69) is 4.57 Å². The molecule has 0 saturated heterocycles. The van der Waals surface area contributed by atoms with E-state index in [1.54, 1.807) is 19.1 Å². The van der Waals surface area contributed by atoms with Crippen LogP contribution in [0, 0.1) is 11.7 Å². The van der Waals surface area contributed by atoms with Gasteiger partial charge in [-0.15, -0.1) is 0 Å². The molecule has 0 fully saturated rings. The Bertz CT molecular complexity index is 1140. The van der Waals surface area contributed by atoms with Crippen molar-refractivity contribution in [2.75, 3.05) is 0 Å². The molecule has 6 heteroatoms. The summed E-state index contributed by atoms with van der Waals surface area (Å²) >= 11 is 6.23. The molecule has 33 heavy (non-hydrogen) atoms. The maximum Gasteiger partial charge on any atom is 0.303 e. The van der Waals surface area contributed by atoms with Gasteiger partial charge in [-0.1, -0.05) is 43.5 Å².